The van der Waals surface area contributed by atoms with E-state index in [0.29, 0.717) is 11.4 Å². The molecule has 9 heteroatoms. The summed E-state index contributed by atoms with van der Waals surface area (Å²) in [5.74, 6) is -2.72. The summed E-state index contributed by atoms with van der Waals surface area (Å²) in [7, 11) is 0. The maximum Gasteiger partial charge on any atom is 0.322 e. The van der Waals surface area contributed by atoms with Gasteiger partial charge in [0.2, 0.25) is 5.95 Å². The molecule has 0 aliphatic rings. The fourth-order valence-corrected chi connectivity index (χ4v) is 2.11. The standard InChI is InChI=1S/C17H13F2N5O2/c18-11-5-4-10(7-12(11)19)22-15-8-14(13-3-1-2-6-20-13)23-17(24-15)21-9-16(25)26/h1-8H,9H2,(H,25,26)(H2,21,22,23,24). The van der Waals surface area contributed by atoms with E-state index >= 15 is 0 Å². The van der Waals surface area contributed by atoms with Crippen molar-refractivity contribution in [1.29, 1.82) is 0 Å². The van der Waals surface area contributed by atoms with Gasteiger partial charge in [0.05, 0.1) is 11.4 Å². The molecule has 3 rings (SSSR count). The van der Waals surface area contributed by atoms with Crippen LogP contribution in [0.25, 0.3) is 11.4 Å². The molecule has 0 spiro atoms. The highest BCUT2D eigenvalue weighted by Crippen LogP contribution is 2.23. The van der Waals surface area contributed by atoms with Crippen LogP contribution >= 0.6 is 0 Å². The number of rotatable bonds is 6. The van der Waals surface area contributed by atoms with Gasteiger partial charge in [-0.05, 0) is 24.3 Å². The van der Waals surface area contributed by atoms with Gasteiger partial charge in [-0.1, -0.05) is 6.07 Å². The topological polar surface area (TPSA) is 100 Å². The number of hydrogen-bond donors (Lipinski definition) is 3. The Morgan fingerprint density at radius 1 is 1.04 bits per heavy atom. The molecule has 0 unspecified atom stereocenters. The van der Waals surface area contributed by atoms with Gasteiger partial charge in [0.25, 0.3) is 0 Å². The quantitative estimate of drug-likeness (QED) is 0.623. The van der Waals surface area contributed by atoms with Crippen molar-refractivity contribution in [3.05, 3.63) is 60.3 Å². The SMILES string of the molecule is O=C(O)CNc1nc(Nc2ccc(F)c(F)c2)cc(-c2ccccn2)n1. The lowest BCUT2D eigenvalue weighted by atomic mass is 10.2. The number of aliphatic carboxylic acids is 1. The van der Waals surface area contributed by atoms with Crippen molar-refractivity contribution < 1.29 is 18.7 Å². The zero-order chi connectivity index (χ0) is 18.5. The Hall–Kier alpha value is -3.62. The molecule has 26 heavy (non-hydrogen) atoms. The van der Waals surface area contributed by atoms with Crippen molar-refractivity contribution in [2.45, 2.75) is 0 Å². The van der Waals surface area contributed by atoms with E-state index in [9.17, 15) is 13.6 Å². The van der Waals surface area contributed by atoms with Crippen LogP contribution in [0.1, 0.15) is 0 Å². The summed E-state index contributed by atoms with van der Waals surface area (Å²) in [5, 5.41) is 14.2. The highest BCUT2D eigenvalue weighted by molar-refractivity contribution is 5.72. The fraction of sp³-hybridized carbons (Fsp3) is 0.0588. The highest BCUT2D eigenvalue weighted by atomic mass is 19.2. The smallest absolute Gasteiger partial charge is 0.322 e. The molecule has 2 aromatic heterocycles. The van der Waals surface area contributed by atoms with Gasteiger partial charge in [0, 0.05) is 24.0 Å². The Labute approximate surface area is 146 Å². The van der Waals surface area contributed by atoms with E-state index in [0.717, 1.165) is 12.1 Å². The average molecular weight is 357 g/mol. The molecule has 3 aromatic rings. The number of hydrogen-bond acceptors (Lipinski definition) is 6. The van der Waals surface area contributed by atoms with Crippen LogP contribution in [0.3, 0.4) is 0 Å². The number of halogens is 2. The van der Waals surface area contributed by atoms with E-state index < -0.39 is 17.6 Å². The van der Waals surface area contributed by atoms with Crippen LogP contribution in [0, 0.1) is 11.6 Å². The zero-order valence-electron chi connectivity index (χ0n) is 13.3. The first-order valence-electron chi connectivity index (χ1n) is 7.49. The predicted molar refractivity (Wildman–Crippen MR) is 91.0 cm³/mol. The minimum Gasteiger partial charge on any atom is -0.480 e. The monoisotopic (exact) mass is 357 g/mol. The zero-order valence-corrected chi connectivity index (χ0v) is 13.3. The van der Waals surface area contributed by atoms with Gasteiger partial charge in [-0.15, -0.1) is 0 Å². The summed E-state index contributed by atoms with van der Waals surface area (Å²) in [4.78, 5) is 23.3. The van der Waals surface area contributed by atoms with E-state index in [1.54, 1.807) is 30.5 Å². The molecule has 0 saturated carbocycles. The van der Waals surface area contributed by atoms with Crippen molar-refractivity contribution >= 4 is 23.4 Å². The molecule has 0 atom stereocenters. The number of benzene rings is 1. The van der Waals surface area contributed by atoms with E-state index in [4.69, 9.17) is 5.11 Å². The van der Waals surface area contributed by atoms with Crippen molar-refractivity contribution in [2.24, 2.45) is 0 Å². The van der Waals surface area contributed by atoms with Crippen LogP contribution in [0.15, 0.2) is 48.7 Å². The number of carboxylic acid groups (broad SMARTS) is 1. The Bertz CT molecular complexity index is 938. The van der Waals surface area contributed by atoms with Gasteiger partial charge in [0.1, 0.15) is 12.4 Å². The molecule has 1 aromatic carbocycles. The van der Waals surface area contributed by atoms with Crippen molar-refractivity contribution in [3.63, 3.8) is 0 Å². The Kier molecular flexibility index (Phi) is 4.97. The van der Waals surface area contributed by atoms with Gasteiger partial charge in [0.15, 0.2) is 11.6 Å². The van der Waals surface area contributed by atoms with Crippen LogP contribution in [-0.2, 0) is 4.79 Å². The Morgan fingerprint density at radius 3 is 2.58 bits per heavy atom. The first-order chi connectivity index (χ1) is 12.5. The minimum atomic E-state index is -1.08. The van der Waals surface area contributed by atoms with Crippen LogP contribution in [0.4, 0.5) is 26.2 Å². The summed E-state index contributed by atoms with van der Waals surface area (Å²) in [6.45, 7) is -0.379. The summed E-state index contributed by atoms with van der Waals surface area (Å²) >= 11 is 0. The summed E-state index contributed by atoms with van der Waals surface area (Å²) in [5.41, 5.74) is 1.25. The average Bonchev–Trinajstić information content (AvgIpc) is 2.64. The number of carboxylic acids is 1. The third-order valence-corrected chi connectivity index (χ3v) is 3.24. The summed E-state index contributed by atoms with van der Waals surface area (Å²) in [6.07, 6.45) is 1.59. The maximum atomic E-state index is 13.4. The summed E-state index contributed by atoms with van der Waals surface area (Å²) in [6, 6.07) is 10.1. The van der Waals surface area contributed by atoms with Crippen molar-refractivity contribution in [1.82, 2.24) is 15.0 Å². The second kappa shape index (κ2) is 7.51. The number of aromatic nitrogens is 3. The van der Waals surface area contributed by atoms with Crippen LogP contribution in [0.5, 0.6) is 0 Å². The molecule has 0 aliphatic carbocycles. The predicted octanol–water partition coefficient (Wildman–Crippen LogP) is 3.06. The molecule has 0 radical (unpaired) electrons. The van der Waals surface area contributed by atoms with E-state index in [1.807, 2.05) is 0 Å². The lowest BCUT2D eigenvalue weighted by molar-refractivity contribution is -0.134. The molecule has 2 heterocycles. The molecule has 132 valence electrons. The first kappa shape index (κ1) is 17.2. The Balaban J connectivity index is 1.95. The number of carbonyl (C=O) groups is 1. The van der Waals surface area contributed by atoms with Crippen LogP contribution < -0.4 is 10.6 Å². The Morgan fingerprint density at radius 2 is 1.88 bits per heavy atom. The minimum absolute atomic E-state index is 0.0561. The second-order valence-electron chi connectivity index (χ2n) is 5.18. The number of nitrogens with zero attached hydrogens (tertiary/aromatic N) is 3. The number of pyridine rings is 1. The lowest BCUT2D eigenvalue weighted by Crippen LogP contribution is -2.15. The third-order valence-electron chi connectivity index (χ3n) is 3.24. The molecule has 0 aliphatic heterocycles. The van der Waals surface area contributed by atoms with E-state index in [2.05, 4.69) is 25.6 Å². The van der Waals surface area contributed by atoms with Gasteiger partial charge >= 0.3 is 5.97 Å². The molecule has 0 fully saturated rings. The molecular formula is C17H13F2N5O2. The number of nitrogens with one attached hydrogen (secondary N) is 2. The number of anilines is 3. The maximum absolute atomic E-state index is 13.4. The van der Waals surface area contributed by atoms with Crippen molar-refractivity contribution in [3.8, 4) is 11.4 Å². The van der Waals surface area contributed by atoms with Gasteiger partial charge in [-0.25, -0.2) is 13.8 Å². The first-order valence-corrected chi connectivity index (χ1v) is 7.49. The molecule has 0 saturated heterocycles. The molecular weight excluding hydrogens is 344 g/mol. The summed E-state index contributed by atoms with van der Waals surface area (Å²) < 4.78 is 26.4. The van der Waals surface area contributed by atoms with E-state index in [1.165, 1.54) is 6.07 Å². The third kappa shape index (κ3) is 4.26. The molecule has 3 N–H and O–H groups in total. The largest absolute Gasteiger partial charge is 0.480 e. The normalized spacial score (nSPS) is 10.4. The van der Waals surface area contributed by atoms with Gasteiger partial charge < -0.3 is 15.7 Å². The molecule has 0 amide bonds. The van der Waals surface area contributed by atoms with Gasteiger partial charge in [-0.2, -0.15) is 4.98 Å². The van der Waals surface area contributed by atoms with E-state index in [-0.39, 0.29) is 24.0 Å². The lowest BCUT2D eigenvalue weighted by Gasteiger charge is -2.10. The molecule has 0 bridgehead atoms. The van der Waals surface area contributed by atoms with Crippen LogP contribution in [0.2, 0.25) is 0 Å². The van der Waals surface area contributed by atoms with Gasteiger partial charge in [-0.3, -0.25) is 9.78 Å². The molecule has 7 nitrogen and oxygen atoms in total. The van der Waals surface area contributed by atoms with Crippen molar-refractivity contribution in [2.75, 3.05) is 17.2 Å². The second-order valence-corrected chi connectivity index (χ2v) is 5.18. The highest BCUT2D eigenvalue weighted by Gasteiger charge is 2.10. The van der Waals surface area contributed by atoms with Crippen LogP contribution in [-0.4, -0.2) is 32.6 Å². The fourth-order valence-electron chi connectivity index (χ4n) is 2.11.